The van der Waals surface area contributed by atoms with Crippen molar-refractivity contribution in [2.45, 2.75) is 52.6 Å². The summed E-state index contributed by atoms with van der Waals surface area (Å²) in [4.78, 5) is 13.6. The number of amides is 1. The van der Waals surface area contributed by atoms with E-state index < -0.39 is 0 Å². The molecule has 0 aliphatic carbocycles. The minimum absolute atomic E-state index is 0.251. The van der Waals surface area contributed by atoms with Gasteiger partial charge in [0.1, 0.15) is 0 Å². The smallest absolute Gasteiger partial charge is 0.227 e. The molecule has 0 spiro atoms. The van der Waals surface area contributed by atoms with E-state index in [0.29, 0.717) is 12.5 Å². The molecule has 1 amide bonds. The largest absolute Gasteiger partial charge is 0.312 e. The highest BCUT2D eigenvalue weighted by atomic mass is 16.2. The van der Waals surface area contributed by atoms with Crippen LogP contribution < -0.4 is 10.2 Å². The van der Waals surface area contributed by atoms with Crippen LogP contribution in [-0.4, -0.2) is 18.5 Å². The monoisotopic (exact) mass is 274 g/mol. The number of anilines is 1. The minimum Gasteiger partial charge on any atom is -0.312 e. The van der Waals surface area contributed by atoms with Crippen LogP contribution in [0.25, 0.3) is 0 Å². The van der Waals surface area contributed by atoms with E-state index >= 15 is 0 Å². The Bertz CT molecular complexity index is 439. The Balaban J connectivity index is 1.87. The molecule has 110 valence electrons. The lowest BCUT2D eigenvalue weighted by molar-refractivity contribution is -0.117. The molecular formula is C17H26N2O. The Morgan fingerprint density at radius 2 is 1.90 bits per heavy atom. The first-order valence-corrected chi connectivity index (χ1v) is 7.69. The summed E-state index contributed by atoms with van der Waals surface area (Å²) in [6, 6.07) is 8.90. The lowest BCUT2D eigenvalue weighted by Crippen LogP contribution is -2.27. The summed E-state index contributed by atoms with van der Waals surface area (Å²) < 4.78 is 0. The van der Waals surface area contributed by atoms with E-state index in [9.17, 15) is 4.79 Å². The van der Waals surface area contributed by atoms with Crippen LogP contribution in [0.4, 0.5) is 5.69 Å². The molecule has 1 N–H and O–H groups in total. The first-order chi connectivity index (χ1) is 9.56. The highest BCUT2D eigenvalue weighted by Crippen LogP contribution is 2.21. The zero-order valence-electron chi connectivity index (χ0n) is 12.9. The molecule has 0 aromatic heterocycles. The normalized spacial score (nSPS) is 17.0. The van der Waals surface area contributed by atoms with Gasteiger partial charge in [0.25, 0.3) is 0 Å². The summed E-state index contributed by atoms with van der Waals surface area (Å²) in [7, 11) is 0. The molecule has 2 rings (SSSR count). The molecule has 0 radical (unpaired) electrons. The summed E-state index contributed by atoms with van der Waals surface area (Å²) in [6.07, 6.45) is 2.87. The van der Waals surface area contributed by atoms with Crippen molar-refractivity contribution in [1.29, 1.82) is 0 Å². The Labute approximate surface area is 122 Å². The lowest BCUT2D eigenvalue weighted by Gasteiger charge is -2.18. The Kier molecular flexibility index (Phi) is 5.18. The highest BCUT2D eigenvalue weighted by Gasteiger charge is 2.21. The molecule has 0 saturated carbocycles. The van der Waals surface area contributed by atoms with Crippen LogP contribution in [0, 0.1) is 5.92 Å². The van der Waals surface area contributed by atoms with E-state index in [1.165, 1.54) is 12.0 Å². The van der Waals surface area contributed by atoms with Crippen LogP contribution in [-0.2, 0) is 11.3 Å². The average Bonchev–Trinajstić information content (AvgIpc) is 2.82. The second kappa shape index (κ2) is 6.89. The van der Waals surface area contributed by atoms with E-state index in [4.69, 9.17) is 0 Å². The molecule has 1 aliphatic rings. The van der Waals surface area contributed by atoms with Gasteiger partial charge in [-0.05, 0) is 43.4 Å². The van der Waals surface area contributed by atoms with Crippen LogP contribution >= 0.6 is 0 Å². The molecular weight excluding hydrogens is 248 g/mol. The van der Waals surface area contributed by atoms with Crippen LogP contribution in [0.15, 0.2) is 24.3 Å². The highest BCUT2D eigenvalue weighted by molar-refractivity contribution is 5.95. The topological polar surface area (TPSA) is 32.3 Å². The van der Waals surface area contributed by atoms with Gasteiger partial charge < -0.3 is 10.2 Å². The van der Waals surface area contributed by atoms with Gasteiger partial charge in [-0.1, -0.05) is 26.0 Å². The Hall–Kier alpha value is -1.35. The summed E-state index contributed by atoms with van der Waals surface area (Å²) in [5, 5.41) is 3.55. The summed E-state index contributed by atoms with van der Waals surface area (Å²) >= 11 is 0. The fourth-order valence-electron chi connectivity index (χ4n) is 2.80. The number of nitrogens with zero attached hydrogens (tertiary/aromatic N) is 1. The number of benzene rings is 1. The van der Waals surface area contributed by atoms with Crippen LogP contribution in [0.3, 0.4) is 0 Å². The molecule has 20 heavy (non-hydrogen) atoms. The SMILES string of the molecule is CC(C)CC(C)NCc1ccc(N2CCCC2=O)cc1. The van der Waals surface area contributed by atoms with Gasteiger partial charge >= 0.3 is 0 Å². The van der Waals surface area contributed by atoms with Crippen molar-refractivity contribution in [3.63, 3.8) is 0 Å². The molecule has 1 aliphatic heterocycles. The quantitative estimate of drug-likeness (QED) is 0.863. The van der Waals surface area contributed by atoms with Crippen molar-refractivity contribution in [3.05, 3.63) is 29.8 Å². The van der Waals surface area contributed by atoms with Gasteiger partial charge in [-0.2, -0.15) is 0 Å². The van der Waals surface area contributed by atoms with Crippen LogP contribution in [0.1, 0.15) is 45.6 Å². The third-order valence-electron chi connectivity index (χ3n) is 3.80. The molecule has 1 fully saturated rings. The van der Waals surface area contributed by atoms with Crippen LogP contribution in [0.5, 0.6) is 0 Å². The average molecular weight is 274 g/mol. The summed E-state index contributed by atoms with van der Waals surface area (Å²) in [6.45, 7) is 8.49. The van der Waals surface area contributed by atoms with Gasteiger partial charge in [0.15, 0.2) is 0 Å². The van der Waals surface area contributed by atoms with E-state index in [2.05, 4.69) is 50.4 Å². The molecule has 1 aromatic carbocycles. The fourth-order valence-corrected chi connectivity index (χ4v) is 2.80. The number of carbonyl (C=O) groups is 1. The van der Waals surface area contributed by atoms with Gasteiger partial charge in [-0.25, -0.2) is 0 Å². The summed E-state index contributed by atoms with van der Waals surface area (Å²) in [5.74, 6) is 0.975. The van der Waals surface area contributed by atoms with Crippen molar-refractivity contribution in [2.75, 3.05) is 11.4 Å². The van der Waals surface area contributed by atoms with Gasteiger partial charge in [-0.3, -0.25) is 4.79 Å². The maximum atomic E-state index is 11.7. The molecule has 3 nitrogen and oxygen atoms in total. The van der Waals surface area contributed by atoms with E-state index in [-0.39, 0.29) is 5.91 Å². The minimum atomic E-state index is 0.251. The standard InChI is InChI=1S/C17H26N2O/c1-13(2)11-14(3)18-12-15-6-8-16(9-7-15)19-10-4-5-17(19)20/h6-9,13-14,18H,4-5,10-12H2,1-3H3. The third kappa shape index (κ3) is 4.07. The summed E-state index contributed by atoms with van der Waals surface area (Å²) in [5.41, 5.74) is 2.31. The molecule has 3 heteroatoms. The van der Waals surface area contributed by atoms with Gasteiger partial charge in [0, 0.05) is 31.2 Å². The number of hydrogen-bond donors (Lipinski definition) is 1. The predicted molar refractivity (Wildman–Crippen MR) is 83.8 cm³/mol. The van der Waals surface area contributed by atoms with E-state index in [1.807, 2.05) is 4.90 Å². The Morgan fingerprint density at radius 1 is 1.20 bits per heavy atom. The van der Waals surface area contributed by atoms with E-state index in [0.717, 1.165) is 31.1 Å². The first-order valence-electron chi connectivity index (χ1n) is 7.69. The van der Waals surface area contributed by atoms with E-state index in [1.54, 1.807) is 0 Å². The van der Waals surface area contributed by atoms with Gasteiger partial charge in [-0.15, -0.1) is 0 Å². The van der Waals surface area contributed by atoms with Gasteiger partial charge in [0.05, 0.1) is 0 Å². The third-order valence-corrected chi connectivity index (χ3v) is 3.80. The number of rotatable bonds is 6. The second-order valence-electron chi connectivity index (χ2n) is 6.23. The van der Waals surface area contributed by atoms with Gasteiger partial charge in [0.2, 0.25) is 5.91 Å². The molecule has 1 heterocycles. The molecule has 1 unspecified atom stereocenters. The van der Waals surface area contributed by atoms with Crippen molar-refractivity contribution < 1.29 is 4.79 Å². The predicted octanol–water partition coefficient (Wildman–Crippen LogP) is 3.34. The molecule has 0 bridgehead atoms. The number of hydrogen-bond acceptors (Lipinski definition) is 2. The molecule has 1 saturated heterocycles. The number of nitrogens with one attached hydrogen (secondary N) is 1. The zero-order chi connectivity index (χ0) is 14.5. The zero-order valence-corrected chi connectivity index (χ0v) is 12.9. The number of carbonyl (C=O) groups excluding carboxylic acids is 1. The van der Waals surface area contributed by atoms with Crippen molar-refractivity contribution in [3.8, 4) is 0 Å². The molecule has 1 aromatic rings. The van der Waals surface area contributed by atoms with Crippen molar-refractivity contribution in [1.82, 2.24) is 5.32 Å². The maximum absolute atomic E-state index is 11.7. The lowest BCUT2D eigenvalue weighted by atomic mass is 10.0. The Morgan fingerprint density at radius 3 is 2.45 bits per heavy atom. The van der Waals surface area contributed by atoms with Crippen LogP contribution in [0.2, 0.25) is 0 Å². The first kappa shape index (κ1) is 15.0. The second-order valence-corrected chi connectivity index (χ2v) is 6.23. The fraction of sp³-hybridized carbons (Fsp3) is 0.588. The van der Waals surface area contributed by atoms with Crippen molar-refractivity contribution in [2.24, 2.45) is 5.92 Å². The maximum Gasteiger partial charge on any atom is 0.227 e. The molecule has 1 atom stereocenters. The van der Waals surface area contributed by atoms with Crippen molar-refractivity contribution >= 4 is 11.6 Å².